The molecule has 0 aliphatic rings. The van der Waals surface area contributed by atoms with Crippen LogP contribution in [0.2, 0.25) is 0 Å². The van der Waals surface area contributed by atoms with Gasteiger partial charge in [-0.3, -0.25) is 0 Å². The molecular formula is C18H22ClN3O2S. The second kappa shape index (κ2) is 8.87. The van der Waals surface area contributed by atoms with Crippen LogP contribution in [0.4, 0.5) is 5.82 Å². The van der Waals surface area contributed by atoms with Crippen LogP contribution in [-0.4, -0.2) is 30.7 Å². The van der Waals surface area contributed by atoms with Crippen molar-refractivity contribution in [3.8, 4) is 11.5 Å². The number of nitrogens with zero attached hydrogens (tertiary/aromatic N) is 2. The quantitative estimate of drug-likeness (QED) is 0.661. The number of hydrogen-bond donors (Lipinski definition) is 1. The van der Waals surface area contributed by atoms with Crippen molar-refractivity contribution in [3.05, 3.63) is 41.0 Å². The van der Waals surface area contributed by atoms with Gasteiger partial charge in [0.2, 0.25) is 0 Å². The lowest BCUT2D eigenvalue weighted by molar-refractivity contribution is 0.354. The molecule has 2 heterocycles. The maximum Gasteiger partial charge on any atom is 0.160 e. The third-order valence-corrected chi connectivity index (χ3v) is 5.07. The average Bonchev–Trinajstić information content (AvgIpc) is 3.05. The first-order valence-corrected chi connectivity index (χ1v) is 8.75. The Morgan fingerprint density at radius 3 is 2.60 bits per heavy atom. The summed E-state index contributed by atoms with van der Waals surface area (Å²) in [5, 5.41) is 4.53. The molecule has 3 aromatic rings. The molecule has 0 saturated heterocycles. The minimum Gasteiger partial charge on any atom is -0.493 e. The Kier molecular flexibility index (Phi) is 6.84. The summed E-state index contributed by atoms with van der Waals surface area (Å²) in [6.07, 6.45) is 3.51. The Bertz CT molecular complexity index is 838. The lowest BCUT2D eigenvalue weighted by Crippen LogP contribution is -2.07. The molecule has 1 aromatic carbocycles. The summed E-state index contributed by atoms with van der Waals surface area (Å²) in [6, 6.07) is 8.18. The summed E-state index contributed by atoms with van der Waals surface area (Å²) in [5.41, 5.74) is 1.19. The number of methoxy groups -OCH3 is 2. The van der Waals surface area contributed by atoms with Crippen LogP contribution in [0, 0.1) is 0 Å². The van der Waals surface area contributed by atoms with Crippen molar-refractivity contribution in [1.82, 2.24) is 9.97 Å². The molecule has 3 rings (SSSR count). The van der Waals surface area contributed by atoms with Gasteiger partial charge in [0.05, 0.1) is 19.6 Å². The molecule has 0 spiro atoms. The van der Waals surface area contributed by atoms with Crippen LogP contribution in [0.5, 0.6) is 11.5 Å². The van der Waals surface area contributed by atoms with E-state index in [9.17, 15) is 0 Å². The standard InChI is InChI=1S/C18H21N3O2S.ClH/c1-4-13-10-14-17(20-11-21-18(14)24-13)19-8-7-12-5-6-15(22-2)16(9-12)23-3;/h5-6,9-11H,4,7-8H2,1-3H3,(H,19,20,21);1H. The molecule has 0 aliphatic heterocycles. The highest BCUT2D eigenvalue weighted by atomic mass is 35.5. The van der Waals surface area contributed by atoms with Gasteiger partial charge in [-0.2, -0.15) is 0 Å². The van der Waals surface area contributed by atoms with Crippen LogP contribution in [0.3, 0.4) is 0 Å². The Balaban J connectivity index is 0.00000225. The number of thiophene rings is 1. The second-order valence-corrected chi connectivity index (χ2v) is 6.49. The van der Waals surface area contributed by atoms with Gasteiger partial charge in [0.1, 0.15) is 17.0 Å². The Morgan fingerprint density at radius 2 is 1.88 bits per heavy atom. The highest BCUT2D eigenvalue weighted by molar-refractivity contribution is 7.18. The van der Waals surface area contributed by atoms with Crippen molar-refractivity contribution >= 4 is 39.8 Å². The van der Waals surface area contributed by atoms with E-state index in [2.05, 4.69) is 34.3 Å². The zero-order valence-corrected chi connectivity index (χ0v) is 16.2. The Morgan fingerprint density at radius 1 is 1.08 bits per heavy atom. The average molecular weight is 380 g/mol. The number of nitrogens with one attached hydrogen (secondary N) is 1. The number of aromatic nitrogens is 2. The molecule has 0 aliphatic carbocycles. The first kappa shape index (κ1) is 19.3. The van der Waals surface area contributed by atoms with E-state index in [0.29, 0.717) is 0 Å². The van der Waals surface area contributed by atoms with E-state index in [-0.39, 0.29) is 12.4 Å². The zero-order valence-electron chi connectivity index (χ0n) is 14.5. The molecule has 0 fully saturated rings. The largest absolute Gasteiger partial charge is 0.493 e. The topological polar surface area (TPSA) is 56.3 Å². The monoisotopic (exact) mass is 379 g/mol. The fourth-order valence-electron chi connectivity index (χ4n) is 2.58. The molecule has 0 atom stereocenters. The van der Waals surface area contributed by atoms with Crippen LogP contribution < -0.4 is 14.8 Å². The number of hydrogen-bond acceptors (Lipinski definition) is 6. The SMILES string of the molecule is CCc1cc2c(NCCc3ccc(OC)c(OC)c3)ncnc2s1.Cl. The molecule has 7 heteroatoms. The van der Waals surface area contributed by atoms with Crippen LogP contribution >= 0.6 is 23.7 Å². The second-order valence-electron chi connectivity index (χ2n) is 5.37. The number of halogens is 1. The maximum absolute atomic E-state index is 5.35. The minimum absolute atomic E-state index is 0. The Labute approximate surface area is 157 Å². The van der Waals surface area contributed by atoms with Gasteiger partial charge < -0.3 is 14.8 Å². The van der Waals surface area contributed by atoms with Crippen LogP contribution in [0.1, 0.15) is 17.4 Å². The van der Waals surface area contributed by atoms with Crippen molar-refractivity contribution in [2.45, 2.75) is 19.8 Å². The summed E-state index contributed by atoms with van der Waals surface area (Å²) in [5.74, 6) is 2.40. The molecular weight excluding hydrogens is 358 g/mol. The van der Waals surface area contributed by atoms with Crippen molar-refractivity contribution in [2.75, 3.05) is 26.1 Å². The van der Waals surface area contributed by atoms with E-state index >= 15 is 0 Å². The maximum atomic E-state index is 5.35. The lowest BCUT2D eigenvalue weighted by atomic mass is 10.1. The summed E-state index contributed by atoms with van der Waals surface area (Å²) < 4.78 is 10.6. The number of benzene rings is 1. The third kappa shape index (κ3) is 4.32. The fourth-order valence-corrected chi connectivity index (χ4v) is 3.52. The zero-order chi connectivity index (χ0) is 16.9. The number of ether oxygens (including phenoxy) is 2. The highest BCUT2D eigenvalue weighted by Crippen LogP contribution is 2.29. The van der Waals surface area contributed by atoms with Gasteiger partial charge in [-0.25, -0.2) is 9.97 Å². The molecule has 0 radical (unpaired) electrons. The third-order valence-electron chi connectivity index (χ3n) is 3.88. The van der Waals surface area contributed by atoms with Gasteiger partial charge in [-0.15, -0.1) is 23.7 Å². The number of fused-ring (bicyclic) bond motifs is 1. The first-order chi connectivity index (χ1) is 11.7. The molecule has 5 nitrogen and oxygen atoms in total. The molecule has 0 bridgehead atoms. The van der Waals surface area contributed by atoms with E-state index in [1.807, 2.05) is 12.1 Å². The van der Waals surface area contributed by atoms with Crippen LogP contribution in [-0.2, 0) is 12.8 Å². The number of rotatable bonds is 7. The summed E-state index contributed by atoms with van der Waals surface area (Å²) in [6.45, 7) is 2.95. The van der Waals surface area contributed by atoms with Gasteiger partial charge in [-0.05, 0) is 36.6 Å². The van der Waals surface area contributed by atoms with Crippen molar-refractivity contribution in [2.24, 2.45) is 0 Å². The van der Waals surface area contributed by atoms with Crippen molar-refractivity contribution in [1.29, 1.82) is 0 Å². The summed E-state index contributed by atoms with van der Waals surface area (Å²) in [4.78, 5) is 11.1. The normalized spacial score (nSPS) is 10.4. The van der Waals surface area contributed by atoms with Crippen LogP contribution in [0.25, 0.3) is 10.2 Å². The summed E-state index contributed by atoms with van der Waals surface area (Å²) in [7, 11) is 3.30. The Hall–Kier alpha value is -2.05. The van der Waals surface area contributed by atoms with Crippen LogP contribution in [0.15, 0.2) is 30.6 Å². The molecule has 0 saturated carbocycles. The van der Waals surface area contributed by atoms with Crippen molar-refractivity contribution < 1.29 is 9.47 Å². The molecule has 0 unspecified atom stereocenters. The van der Waals surface area contributed by atoms with E-state index in [0.717, 1.165) is 46.9 Å². The molecule has 134 valence electrons. The van der Waals surface area contributed by atoms with E-state index in [1.54, 1.807) is 31.9 Å². The molecule has 25 heavy (non-hydrogen) atoms. The number of aryl methyl sites for hydroxylation is 1. The van der Waals surface area contributed by atoms with E-state index < -0.39 is 0 Å². The van der Waals surface area contributed by atoms with Gasteiger partial charge >= 0.3 is 0 Å². The predicted octanol–water partition coefficient (Wildman–Crippen LogP) is 4.35. The molecule has 0 amide bonds. The van der Waals surface area contributed by atoms with E-state index in [1.165, 1.54) is 10.4 Å². The van der Waals surface area contributed by atoms with Gasteiger partial charge in [0.25, 0.3) is 0 Å². The molecule has 2 aromatic heterocycles. The molecule has 1 N–H and O–H groups in total. The van der Waals surface area contributed by atoms with Gasteiger partial charge in [-0.1, -0.05) is 13.0 Å². The minimum atomic E-state index is 0. The fraction of sp³-hybridized carbons (Fsp3) is 0.333. The number of anilines is 1. The summed E-state index contributed by atoms with van der Waals surface area (Å²) >= 11 is 1.73. The lowest BCUT2D eigenvalue weighted by Gasteiger charge is -2.10. The first-order valence-electron chi connectivity index (χ1n) is 7.93. The van der Waals surface area contributed by atoms with Gasteiger partial charge in [0.15, 0.2) is 11.5 Å². The smallest absolute Gasteiger partial charge is 0.160 e. The van der Waals surface area contributed by atoms with Crippen molar-refractivity contribution in [3.63, 3.8) is 0 Å². The van der Waals surface area contributed by atoms with E-state index in [4.69, 9.17) is 9.47 Å². The highest BCUT2D eigenvalue weighted by Gasteiger charge is 2.08. The van der Waals surface area contributed by atoms with Gasteiger partial charge in [0, 0.05) is 11.4 Å². The predicted molar refractivity (Wildman–Crippen MR) is 106 cm³/mol.